The van der Waals surface area contributed by atoms with Crippen LogP contribution in [0.2, 0.25) is 0 Å². The molecule has 0 aliphatic heterocycles. The first-order valence-corrected chi connectivity index (χ1v) is 7.18. The molecule has 0 fully saturated rings. The number of rotatable bonds is 9. The van der Waals surface area contributed by atoms with Crippen LogP contribution in [-0.4, -0.2) is 44.1 Å². The van der Waals surface area contributed by atoms with E-state index in [9.17, 15) is 0 Å². The topological polar surface area (TPSA) is 78.6 Å². The van der Waals surface area contributed by atoms with Crippen LogP contribution in [0.1, 0.15) is 27.2 Å². The van der Waals surface area contributed by atoms with Gasteiger partial charge in [0.15, 0.2) is 0 Å². The Morgan fingerprint density at radius 3 is 2.62 bits per heavy atom. The van der Waals surface area contributed by atoms with Gasteiger partial charge in [-0.2, -0.15) is 4.98 Å². The number of aromatic nitrogens is 1. The minimum atomic E-state index is -0.324. The first kappa shape index (κ1) is 17.5. The molecule has 0 amide bonds. The second-order valence-electron chi connectivity index (χ2n) is 5.69. The maximum atomic E-state index is 5.87. The number of hydrogen-bond donors (Lipinski definition) is 2. The van der Waals surface area contributed by atoms with Crippen LogP contribution in [0.5, 0.6) is 5.88 Å². The maximum absolute atomic E-state index is 5.87. The molecule has 21 heavy (non-hydrogen) atoms. The molecular weight excluding hydrogens is 270 g/mol. The molecule has 0 saturated carbocycles. The molecule has 0 aliphatic rings. The molecule has 0 bridgehead atoms. The van der Waals surface area contributed by atoms with E-state index >= 15 is 0 Å². The lowest BCUT2D eigenvalue weighted by Crippen LogP contribution is -2.24. The number of methoxy groups -OCH3 is 1. The molecule has 0 unspecified atom stereocenters. The summed E-state index contributed by atoms with van der Waals surface area (Å²) in [5, 5.41) is 3.23. The maximum Gasteiger partial charge on any atom is 0.239 e. The van der Waals surface area contributed by atoms with Gasteiger partial charge >= 0.3 is 0 Å². The fourth-order valence-electron chi connectivity index (χ4n) is 1.56. The lowest BCUT2D eigenvalue weighted by atomic mass is 10.2. The van der Waals surface area contributed by atoms with E-state index in [1.165, 1.54) is 0 Å². The Balaban J connectivity index is 2.37. The summed E-state index contributed by atoms with van der Waals surface area (Å²) in [6.07, 6.45) is 0.894. The van der Waals surface area contributed by atoms with Crippen molar-refractivity contribution in [1.82, 2.24) is 4.98 Å². The minimum Gasteiger partial charge on any atom is -0.470 e. The van der Waals surface area contributed by atoms with E-state index in [2.05, 4.69) is 10.3 Å². The Hall–Kier alpha value is -1.53. The third-order valence-electron chi connectivity index (χ3n) is 2.50. The summed E-state index contributed by atoms with van der Waals surface area (Å²) < 4.78 is 16.0. The van der Waals surface area contributed by atoms with Crippen molar-refractivity contribution in [2.75, 3.05) is 44.5 Å². The van der Waals surface area contributed by atoms with Crippen molar-refractivity contribution in [3.8, 4) is 5.88 Å². The highest BCUT2D eigenvalue weighted by atomic mass is 16.5. The Morgan fingerprint density at radius 1 is 1.19 bits per heavy atom. The summed E-state index contributed by atoms with van der Waals surface area (Å²) in [4.78, 5) is 4.39. The number of nitrogens with two attached hydrogens (primary N) is 1. The average molecular weight is 297 g/mol. The van der Waals surface area contributed by atoms with E-state index in [0.717, 1.165) is 18.8 Å². The van der Waals surface area contributed by atoms with Crippen molar-refractivity contribution >= 4 is 11.5 Å². The summed E-state index contributed by atoms with van der Waals surface area (Å²) in [6, 6.07) is 3.64. The van der Waals surface area contributed by atoms with E-state index in [4.69, 9.17) is 19.9 Å². The van der Waals surface area contributed by atoms with Crippen LogP contribution in [0, 0.1) is 0 Å². The number of nitrogens with zero attached hydrogens (tertiary/aromatic N) is 1. The Morgan fingerprint density at radius 2 is 1.95 bits per heavy atom. The Kier molecular flexibility index (Phi) is 7.25. The number of ether oxygens (including phenoxy) is 3. The van der Waals surface area contributed by atoms with Crippen LogP contribution in [0.3, 0.4) is 0 Å². The fraction of sp³-hybridized carbons (Fsp3) is 0.667. The number of pyridine rings is 1. The zero-order valence-corrected chi connectivity index (χ0v) is 13.4. The summed E-state index contributed by atoms with van der Waals surface area (Å²) in [5.41, 5.74) is 6.09. The molecule has 6 heteroatoms. The molecule has 6 nitrogen and oxygen atoms in total. The normalized spacial score (nSPS) is 11.4. The molecule has 0 aromatic carbocycles. The molecule has 0 radical (unpaired) electrons. The number of hydrogen-bond acceptors (Lipinski definition) is 6. The molecule has 1 heterocycles. The summed E-state index contributed by atoms with van der Waals surface area (Å²) in [5.74, 6) is 1.21. The van der Waals surface area contributed by atoms with E-state index in [1.807, 2.05) is 26.8 Å². The number of anilines is 2. The molecule has 1 rings (SSSR count). The highest BCUT2D eigenvalue weighted by molar-refractivity contribution is 5.53. The van der Waals surface area contributed by atoms with Gasteiger partial charge in [0.2, 0.25) is 5.88 Å². The Labute approximate surface area is 127 Å². The predicted octanol–water partition coefficient (Wildman–Crippen LogP) is 2.31. The molecule has 0 aliphatic carbocycles. The van der Waals surface area contributed by atoms with Crippen LogP contribution >= 0.6 is 0 Å². The Bertz CT molecular complexity index is 419. The number of nitrogens with one attached hydrogen (secondary N) is 1. The molecule has 120 valence electrons. The van der Waals surface area contributed by atoms with Gasteiger partial charge in [-0.15, -0.1) is 0 Å². The van der Waals surface area contributed by atoms with Gasteiger partial charge in [-0.25, -0.2) is 0 Å². The van der Waals surface area contributed by atoms with Crippen LogP contribution < -0.4 is 15.8 Å². The van der Waals surface area contributed by atoms with Crippen molar-refractivity contribution in [1.29, 1.82) is 0 Å². The smallest absolute Gasteiger partial charge is 0.239 e. The minimum absolute atomic E-state index is 0.324. The molecule has 0 spiro atoms. The van der Waals surface area contributed by atoms with Gasteiger partial charge in [0.1, 0.15) is 11.4 Å². The molecule has 1 aromatic heterocycles. The van der Waals surface area contributed by atoms with Crippen LogP contribution in [0.25, 0.3) is 0 Å². The highest BCUT2D eigenvalue weighted by Crippen LogP contribution is 2.24. The first-order chi connectivity index (χ1) is 9.92. The summed E-state index contributed by atoms with van der Waals surface area (Å²) in [7, 11) is 1.66. The zero-order chi connectivity index (χ0) is 15.7. The van der Waals surface area contributed by atoms with E-state index < -0.39 is 0 Å². The largest absolute Gasteiger partial charge is 0.470 e. The van der Waals surface area contributed by atoms with E-state index in [-0.39, 0.29) is 5.60 Å². The quantitative estimate of drug-likeness (QED) is 0.681. The lowest BCUT2D eigenvalue weighted by molar-refractivity contribution is 0.0705. The molecule has 1 aromatic rings. The second-order valence-corrected chi connectivity index (χ2v) is 5.69. The van der Waals surface area contributed by atoms with Crippen LogP contribution in [0.15, 0.2) is 12.1 Å². The average Bonchev–Trinajstić information content (AvgIpc) is 2.39. The summed E-state index contributed by atoms with van der Waals surface area (Å²) in [6.45, 7) is 8.61. The highest BCUT2D eigenvalue weighted by Gasteiger charge is 2.15. The van der Waals surface area contributed by atoms with Gasteiger partial charge in [0.05, 0.1) is 18.9 Å². The molecule has 3 N–H and O–H groups in total. The molecule has 0 atom stereocenters. The van der Waals surface area contributed by atoms with E-state index in [0.29, 0.717) is 31.4 Å². The van der Waals surface area contributed by atoms with Gasteiger partial charge in [-0.05, 0) is 39.3 Å². The van der Waals surface area contributed by atoms with Crippen molar-refractivity contribution in [2.45, 2.75) is 32.8 Å². The van der Waals surface area contributed by atoms with Crippen molar-refractivity contribution in [2.24, 2.45) is 0 Å². The zero-order valence-electron chi connectivity index (χ0n) is 13.4. The number of nitrogen functional groups attached to an aromatic ring is 1. The monoisotopic (exact) mass is 297 g/mol. The molecule has 0 saturated heterocycles. The summed E-state index contributed by atoms with van der Waals surface area (Å²) >= 11 is 0. The standard InChI is InChI=1S/C15H27N3O3/c1-15(2,3)21-14-12(16)6-7-13(18-14)17-8-5-9-20-11-10-19-4/h6-7H,5,8-11,16H2,1-4H3,(H,17,18). The van der Waals surface area contributed by atoms with Gasteiger partial charge in [0, 0.05) is 20.3 Å². The lowest BCUT2D eigenvalue weighted by Gasteiger charge is -2.21. The van der Waals surface area contributed by atoms with Crippen molar-refractivity contribution in [3.05, 3.63) is 12.1 Å². The predicted molar refractivity (Wildman–Crippen MR) is 84.8 cm³/mol. The van der Waals surface area contributed by atoms with Crippen LogP contribution in [-0.2, 0) is 9.47 Å². The van der Waals surface area contributed by atoms with Gasteiger partial charge in [-0.3, -0.25) is 0 Å². The molecular formula is C15H27N3O3. The SMILES string of the molecule is COCCOCCCNc1ccc(N)c(OC(C)(C)C)n1. The first-order valence-electron chi connectivity index (χ1n) is 7.18. The van der Waals surface area contributed by atoms with E-state index in [1.54, 1.807) is 13.2 Å². The van der Waals surface area contributed by atoms with Gasteiger partial charge in [0.25, 0.3) is 0 Å². The third kappa shape index (κ3) is 7.72. The second kappa shape index (κ2) is 8.69. The van der Waals surface area contributed by atoms with Crippen molar-refractivity contribution < 1.29 is 14.2 Å². The van der Waals surface area contributed by atoms with Gasteiger partial charge in [-0.1, -0.05) is 0 Å². The van der Waals surface area contributed by atoms with Gasteiger partial charge < -0.3 is 25.3 Å². The third-order valence-corrected chi connectivity index (χ3v) is 2.50. The van der Waals surface area contributed by atoms with Crippen molar-refractivity contribution in [3.63, 3.8) is 0 Å². The van der Waals surface area contributed by atoms with Crippen LogP contribution in [0.4, 0.5) is 11.5 Å². The fourth-order valence-corrected chi connectivity index (χ4v) is 1.56.